The zero-order valence-electron chi connectivity index (χ0n) is 55.3. The number of aliphatic hydroxyl groups excluding tert-OH is 1. The minimum atomic E-state index is -4.96. The van der Waals surface area contributed by atoms with E-state index in [1.807, 2.05) is 0 Å². The van der Waals surface area contributed by atoms with Crippen LogP contribution in [0.4, 0.5) is 0 Å². The Bertz CT molecular complexity index is 1790. The summed E-state index contributed by atoms with van der Waals surface area (Å²) in [6.45, 7) is 11.6. The Kier molecular flexibility index (Phi) is 56.0. The number of phosphoric acid groups is 2. The van der Waals surface area contributed by atoms with Crippen LogP contribution in [-0.2, 0) is 65.4 Å². The van der Waals surface area contributed by atoms with Gasteiger partial charge in [0.1, 0.15) is 19.3 Å². The molecule has 0 radical (unpaired) electrons. The Hall–Kier alpha value is -2.46. The predicted molar refractivity (Wildman–Crippen MR) is 344 cm³/mol. The molecule has 17 nitrogen and oxygen atoms in total. The van der Waals surface area contributed by atoms with Crippen LogP contribution >= 0.6 is 15.6 Å². The summed E-state index contributed by atoms with van der Waals surface area (Å²) in [7, 11) is -9.91. The maximum atomic E-state index is 13.0. The lowest BCUT2D eigenvalue weighted by atomic mass is 10.00. The van der Waals surface area contributed by atoms with Gasteiger partial charge in [0.25, 0.3) is 0 Å². The van der Waals surface area contributed by atoms with Gasteiger partial charge in [-0.3, -0.25) is 37.3 Å². The van der Waals surface area contributed by atoms with E-state index in [1.54, 1.807) is 0 Å². The lowest BCUT2D eigenvalue weighted by molar-refractivity contribution is -0.161. The van der Waals surface area contributed by atoms with E-state index in [9.17, 15) is 43.2 Å². The maximum absolute atomic E-state index is 13.0. The molecule has 0 fully saturated rings. The molecule has 0 saturated carbocycles. The molecule has 19 heteroatoms. The van der Waals surface area contributed by atoms with Gasteiger partial charge in [-0.2, -0.15) is 0 Å². The average Bonchev–Trinajstić information content (AvgIpc) is 3.58. The first-order chi connectivity index (χ1) is 41.3. The minimum Gasteiger partial charge on any atom is -0.462 e. The lowest BCUT2D eigenvalue weighted by Gasteiger charge is -2.21. The first kappa shape index (κ1) is 83.5. The van der Waals surface area contributed by atoms with Gasteiger partial charge in [0, 0.05) is 25.7 Å². The number of carbonyl (C=O) groups is 4. The molecular formula is C67H126O17P2. The number of esters is 4. The molecule has 506 valence electrons. The Balaban J connectivity index is 5.28. The molecule has 0 aromatic carbocycles. The molecule has 0 aliphatic rings. The van der Waals surface area contributed by atoms with Gasteiger partial charge in [0.2, 0.25) is 0 Å². The van der Waals surface area contributed by atoms with E-state index in [1.165, 1.54) is 89.9 Å². The van der Waals surface area contributed by atoms with E-state index < -0.39 is 97.5 Å². The van der Waals surface area contributed by atoms with Gasteiger partial charge < -0.3 is 33.8 Å². The number of aliphatic hydroxyl groups is 1. The average molecular weight is 1270 g/mol. The second-order valence-electron chi connectivity index (χ2n) is 24.7. The van der Waals surface area contributed by atoms with Crippen molar-refractivity contribution in [1.29, 1.82) is 0 Å². The van der Waals surface area contributed by atoms with Gasteiger partial charge in [-0.15, -0.1) is 0 Å². The topological polar surface area (TPSA) is 237 Å². The molecule has 0 aliphatic heterocycles. The fourth-order valence-electron chi connectivity index (χ4n) is 9.44. The maximum Gasteiger partial charge on any atom is 0.472 e. The summed E-state index contributed by atoms with van der Waals surface area (Å²) >= 11 is 0. The number of carbonyl (C=O) groups excluding carboxylic acids is 4. The summed E-state index contributed by atoms with van der Waals surface area (Å²) in [6, 6.07) is 0. The minimum absolute atomic E-state index is 0.0833. The van der Waals surface area contributed by atoms with E-state index in [0.29, 0.717) is 31.6 Å². The number of hydrogen-bond donors (Lipinski definition) is 3. The molecule has 0 saturated heterocycles. The highest BCUT2D eigenvalue weighted by molar-refractivity contribution is 7.47. The van der Waals surface area contributed by atoms with Crippen molar-refractivity contribution in [1.82, 2.24) is 0 Å². The predicted octanol–water partition coefficient (Wildman–Crippen LogP) is 18.2. The Labute approximate surface area is 522 Å². The van der Waals surface area contributed by atoms with Crippen LogP contribution < -0.4 is 0 Å². The third kappa shape index (κ3) is 59.2. The van der Waals surface area contributed by atoms with E-state index >= 15 is 0 Å². The quantitative estimate of drug-likeness (QED) is 0.0169. The fourth-order valence-corrected chi connectivity index (χ4v) is 11.0. The van der Waals surface area contributed by atoms with Crippen LogP contribution in [0.15, 0.2) is 24.3 Å². The van der Waals surface area contributed by atoms with Crippen molar-refractivity contribution in [3.8, 4) is 0 Å². The number of rotatable bonds is 63. The summed E-state index contributed by atoms with van der Waals surface area (Å²) in [4.78, 5) is 72.3. The fraction of sp³-hybridized carbons (Fsp3) is 0.881. The summed E-state index contributed by atoms with van der Waals surface area (Å²) in [5.41, 5.74) is 0. The Morgan fingerprint density at radius 3 is 1.03 bits per heavy atom. The Morgan fingerprint density at radius 1 is 0.384 bits per heavy atom. The van der Waals surface area contributed by atoms with Crippen molar-refractivity contribution in [2.75, 3.05) is 39.6 Å². The second kappa shape index (κ2) is 57.7. The zero-order chi connectivity index (χ0) is 63.8. The van der Waals surface area contributed by atoms with E-state index in [0.717, 1.165) is 127 Å². The van der Waals surface area contributed by atoms with Crippen molar-refractivity contribution >= 4 is 39.5 Å². The standard InChI is InChI=1S/C67H126O17P2/c1-8-10-11-12-13-14-15-16-17-18-19-22-25-36-43-50-66(71)83-62(54-77-64(69)48-41-34-29-27-32-39-46-59(5)6)56-81-85(73,74)79-52-61(68)53-80-86(75,76)82-57-63(55-78-65(70)49-42-35-30-28-33-40-47-60(7)9-2)84-67(72)51-44-37-26-23-20-21-24-31-38-45-58(3)4/h14-17,58-63,68H,8-13,18-57H2,1-7H3,(H,73,74)(H,75,76)/b15-14-,17-16-/t60?,61-,62+,63+/m0/s1. The molecule has 0 spiro atoms. The molecular weight excluding hydrogens is 1140 g/mol. The molecule has 86 heavy (non-hydrogen) atoms. The van der Waals surface area contributed by atoms with Crippen LogP contribution in [0.3, 0.4) is 0 Å². The molecule has 0 aliphatic carbocycles. The molecule has 0 rings (SSSR count). The van der Waals surface area contributed by atoms with Crippen molar-refractivity contribution in [2.24, 2.45) is 17.8 Å². The molecule has 3 N–H and O–H groups in total. The molecule has 0 aromatic rings. The zero-order valence-corrected chi connectivity index (χ0v) is 57.0. The highest BCUT2D eigenvalue weighted by Crippen LogP contribution is 2.45. The van der Waals surface area contributed by atoms with Crippen LogP contribution in [0.2, 0.25) is 0 Å². The Morgan fingerprint density at radius 2 is 0.686 bits per heavy atom. The molecule has 0 amide bonds. The largest absolute Gasteiger partial charge is 0.472 e. The summed E-state index contributed by atoms with van der Waals surface area (Å²) in [5, 5.41) is 10.6. The monoisotopic (exact) mass is 1260 g/mol. The SMILES string of the molecule is CCCCCC/C=C\C=C/CCCCCCCC(=O)O[C@H](COC(=O)CCCCCCCCC(C)C)COP(=O)(O)OC[C@H](O)COP(=O)(O)OC[C@@H](COC(=O)CCCCCCCCC(C)CC)OC(=O)CCCCCCCCCCCC(C)C. The number of allylic oxidation sites excluding steroid dienone is 4. The number of hydrogen-bond acceptors (Lipinski definition) is 15. The number of ether oxygens (including phenoxy) is 4. The van der Waals surface area contributed by atoms with E-state index in [4.69, 9.17) is 37.0 Å². The highest BCUT2D eigenvalue weighted by atomic mass is 31.2. The van der Waals surface area contributed by atoms with Gasteiger partial charge in [-0.05, 0) is 69.1 Å². The van der Waals surface area contributed by atoms with Gasteiger partial charge in [0.15, 0.2) is 12.2 Å². The summed E-state index contributed by atoms with van der Waals surface area (Å²) in [6.07, 6.45) is 42.7. The van der Waals surface area contributed by atoms with Crippen LogP contribution in [0.25, 0.3) is 0 Å². The van der Waals surface area contributed by atoms with Crippen molar-refractivity contribution < 1.29 is 80.2 Å². The molecule has 0 heterocycles. The van der Waals surface area contributed by atoms with Crippen LogP contribution in [0.1, 0.15) is 305 Å². The van der Waals surface area contributed by atoms with Gasteiger partial charge in [-0.25, -0.2) is 9.13 Å². The summed E-state index contributed by atoms with van der Waals surface area (Å²) < 4.78 is 68.0. The van der Waals surface area contributed by atoms with Crippen LogP contribution in [-0.4, -0.2) is 96.7 Å². The smallest absolute Gasteiger partial charge is 0.462 e. The molecule has 0 aromatic heterocycles. The third-order valence-corrected chi connectivity index (χ3v) is 17.0. The first-order valence-corrected chi connectivity index (χ1v) is 37.2. The highest BCUT2D eigenvalue weighted by Gasteiger charge is 2.30. The molecule has 3 unspecified atom stereocenters. The summed E-state index contributed by atoms with van der Waals surface area (Å²) in [5.74, 6) is -0.0258. The second-order valence-corrected chi connectivity index (χ2v) is 27.6. The van der Waals surface area contributed by atoms with Crippen LogP contribution in [0.5, 0.6) is 0 Å². The van der Waals surface area contributed by atoms with Crippen molar-refractivity contribution in [2.45, 2.75) is 324 Å². The molecule has 0 bridgehead atoms. The third-order valence-electron chi connectivity index (χ3n) is 15.1. The van der Waals surface area contributed by atoms with E-state index in [2.05, 4.69) is 72.8 Å². The van der Waals surface area contributed by atoms with Crippen molar-refractivity contribution in [3.63, 3.8) is 0 Å². The van der Waals surface area contributed by atoms with Gasteiger partial charge in [0.05, 0.1) is 26.4 Å². The van der Waals surface area contributed by atoms with Crippen LogP contribution in [0, 0.1) is 17.8 Å². The normalized spacial score (nSPS) is 14.8. The lowest BCUT2D eigenvalue weighted by Crippen LogP contribution is -2.30. The number of phosphoric ester groups is 2. The van der Waals surface area contributed by atoms with E-state index in [-0.39, 0.29) is 25.7 Å². The van der Waals surface area contributed by atoms with Gasteiger partial charge in [-0.1, -0.05) is 253 Å². The number of unbranched alkanes of at least 4 members (excludes halogenated alkanes) is 27. The van der Waals surface area contributed by atoms with Crippen molar-refractivity contribution in [3.05, 3.63) is 24.3 Å². The first-order valence-electron chi connectivity index (χ1n) is 34.2. The molecule has 6 atom stereocenters. The van der Waals surface area contributed by atoms with Gasteiger partial charge >= 0.3 is 39.5 Å².